The van der Waals surface area contributed by atoms with Crippen LogP contribution in [0.4, 0.5) is 8.78 Å². The molecule has 13 heavy (non-hydrogen) atoms. The summed E-state index contributed by atoms with van der Waals surface area (Å²) < 4.78 is 26.4. The predicted octanol–water partition coefficient (Wildman–Crippen LogP) is 0.847. The zero-order valence-corrected chi connectivity index (χ0v) is 6.96. The van der Waals surface area contributed by atoms with Gasteiger partial charge in [-0.15, -0.1) is 0 Å². The van der Waals surface area contributed by atoms with E-state index < -0.39 is 23.9 Å². The molecule has 0 unspecified atom stereocenters. The lowest BCUT2D eigenvalue weighted by Gasteiger charge is -2.46. The van der Waals surface area contributed by atoms with Crippen LogP contribution in [0.1, 0.15) is 19.3 Å². The van der Waals surface area contributed by atoms with Gasteiger partial charge in [0.2, 0.25) is 0 Å². The smallest absolute Gasteiger partial charge is 0.321 e. The Balaban J connectivity index is 2.22. The molecular weight excluding hydrogens is 180 g/mol. The molecular formula is C8H11F2NO2. The number of carboxylic acid groups (broad SMARTS) is 1. The van der Waals surface area contributed by atoms with Gasteiger partial charge in [0.15, 0.2) is 0 Å². The quantitative estimate of drug-likeness (QED) is 0.646. The number of carbonyl (C=O) groups is 1. The average Bonchev–Trinajstić information content (AvgIpc) is 2.02. The summed E-state index contributed by atoms with van der Waals surface area (Å²) in [5, 5.41) is 11.4. The number of hydrogen-bond donors (Lipinski definition) is 2. The summed E-state index contributed by atoms with van der Waals surface area (Å²) in [6, 6.07) is -1.37. The fourth-order valence-corrected chi connectivity index (χ4v) is 2.34. The number of nitrogens with one attached hydrogen (secondary N) is 1. The number of carboxylic acids is 1. The highest BCUT2D eigenvalue weighted by atomic mass is 19.3. The molecule has 3 atom stereocenters. The molecule has 0 aromatic carbocycles. The molecule has 3 rings (SSSR count). The SMILES string of the molecule is O=C(O)[C@H]1N[C@@H]2CC[C@H]1C(F)(F)C2. The van der Waals surface area contributed by atoms with E-state index in [0.717, 1.165) is 0 Å². The van der Waals surface area contributed by atoms with E-state index >= 15 is 0 Å². The minimum absolute atomic E-state index is 0.207. The molecule has 0 aromatic rings. The van der Waals surface area contributed by atoms with E-state index in [0.29, 0.717) is 12.8 Å². The summed E-state index contributed by atoms with van der Waals surface area (Å²) >= 11 is 0. The van der Waals surface area contributed by atoms with Crippen molar-refractivity contribution in [3.05, 3.63) is 0 Å². The molecule has 0 amide bonds. The van der Waals surface area contributed by atoms with Crippen molar-refractivity contribution in [2.24, 2.45) is 5.92 Å². The Kier molecular flexibility index (Phi) is 1.80. The summed E-state index contributed by atoms with van der Waals surface area (Å²) in [5.41, 5.74) is 0. The summed E-state index contributed by atoms with van der Waals surface area (Å²) in [6.45, 7) is 0. The van der Waals surface area contributed by atoms with Crippen LogP contribution in [0, 0.1) is 5.92 Å². The molecule has 5 heteroatoms. The van der Waals surface area contributed by atoms with Crippen LogP contribution in [0.5, 0.6) is 0 Å². The number of hydrogen-bond acceptors (Lipinski definition) is 2. The lowest BCUT2D eigenvalue weighted by molar-refractivity contribution is -0.165. The van der Waals surface area contributed by atoms with Gasteiger partial charge in [-0.1, -0.05) is 0 Å². The molecule has 2 bridgehead atoms. The van der Waals surface area contributed by atoms with Gasteiger partial charge < -0.3 is 10.4 Å². The number of rotatable bonds is 1. The largest absolute Gasteiger partial charge is 0.480 e. The van der Waals surface area contributed by atoms with Gasteiger partial charge >= 0.3 is 5.97 Å². The maximum Gasteiger partial charge on any atom is 0.321 e. The van der Waals surface area contributed by atoms with Crippen molar-refractivity contribution in [1.29, 1.82) is 0 Å². The molecule has 0 radical (unpaired) electrons. The summed E-state index contributed by atoms with van der Waals surface area (Å²) in [5.74, 6) is -4.97. The van der Waals surface area contributed by atoms with Crippen molar-refractivity contribution in [2.75, 3.05) is 0 Å². The fourth-order valence-electron chi connectivity index (χ4n) is 2.34. The molecule has 1 aliphatic carbocycles. The van der Waals surface area contributed by atoms with Crippen LogP contribution in [-0.4, -0.2) is 29.1 Å². The second-order valence-corrected chi connectivity index (χ2v) is 3.83. The number of halogens is 2. The normalized spacial score (nSPS) is 41.8. The molecule has 2 heterocycles. The molecule has 2 saturated heterocycles. The van der Waals surface area contributed by atoms with E-state index in [-0.39, 0.29) is 12.5 Å². The van der Waals surface area contributed by atoms with E-state index in [1.165, 1.54) is 0 Å². The fraction of sp³-hybridized carbons (Fsp3) is 0.875. The first-order valence-corrected chi connectivity index (χ1v) is 4.37. The summed E-state index contributed by atoms with van der Waals surface area (Å²) in [6.07, 6.45) is 0.785. The first-order chi connectivity index (χ1) is 6.00. The van der Waals surface area contributed by atoms with Gasteiger partial charge in [0, 0.05) is 18.4 Å². The van der Waals surface area contributed by atoms with E-state index in [1.54, 1.807) is 0 Å². The van der Waals surface area contributed by atoms with Gasteiger partial charge in [0.25, 0.3) is 5.92 Å². The Morgan fingerprint density at radius 1 is 1.46 bits per heavy atom. The Hall–Kier alpha value is -0.710. The van der Waals surface area contributed by atoms with Crippen LogP contribution in [0.15, 0.2) is 0 Å². The van der Waals surface area contributed by atoms with Gasteiger partial charge in [0.1, 0.15) is 6.04 Å². The standard InChI is InChI=1S/C8H11F2NO2/c9-8(10)3-4-1-2-5(8)6(11-4)7(12)13/h4-6,11H,1-3H2,(H,12,13)/t4-,5-,6+/m1/s1. The Morgan fingerprint density at radius 3 is 2.54 bits per heavy atom. The van der Waals surface area contributed by atoms with E-state index in [2.05, 4.69) is 5.32 Å². The van der Waals surface area contributed by atoms with Crippen molar-refractivity contribution >= 4 is 5.97 Å². The number of piperidine rings is 2. The average molecular weight is 191 g/mol. The van der Waals surface area contributed by atoms with Crippen LogP contribution in [-0.2, 0) is 4.79 Å². The van der Waals surface area contributed by atoms with Crippen LogP contribution >= 0.6 is 0 Å². The van der Waals surface area contributed by atoms with Gasteiger partial charge in [-0.25, -0.2) is 8.78 Å². The van der Waals surface area contributed by atoms with Crippen LogP contribution in [0.25, 0.3) is 0 Å². The lowest BCUT2D eigenvalue weighted by atomic mass is 9.73. The maximum atomic E-state index is 13.2. The third kappa shape index (κ3) is 1.31. The van der Waals surface area contributed by atoms with Crippen LogP contribution in [0.3, 0.4) is 0 Å². The first kappa shape index (κ1) is 8.87. The highest BCUT2D eigenvalue weighted by Crippen LogP contribution is 2.44. The first-order valence-electron chi connectivity index (χ1n) is 4.37. The number of aliphatic carboxylic acids is 1. The highest BCUT2D eigenvalue weighted by molar-refractivity contribution is 5.74. The Labute approximate surface area is 74.1 Å². The van der Waals surface area contributed by atoms with E-state index in [4.69, 9.17) is 5.11 Å². The van der Waals surface area contributed by atoms with Crippen molar-refractivity contribution in [3.8, 4) is 0 Å². The van der Waals surface area contributed by atoms with Crippen molar-refractivity contribution in [2.45, 2.75) is 37.3 Å². The van der Waals surface area contributed by atoms with Crippen molar-refractivity contribution in [1.82, 2.24) is 5.32 Å². The topological polar surface area (TPSA) is 49.3 Å². The third-order valence-corrected chi connectivity index (χ3v) is 2.97. The highest BCUT2D eigenvalue weighted by Gasteiger charge is 2.55. The molecule has 3 fully saturated rings. The number of alkyl halides is 2. The van der Waals surface area contributed by atoms with Gasteiger partial charge in [-0.2, -0.15) is 0 Å². The monoisotopic (exact) mass is 191 g/mol. The molecule has 0 spiro atoms. The van der Waals surface area contributed by atoms with Gasteiger partial charge in [-0.3, -0.25) is 4.79 Å². The van der Waals surface area contributed by atoms with Gasteiger partial charge in [0.05, 0.1) is 0 Å². The summed E-state index contributed by atoms with van der Waals surface area (Å²) in [7, 11) is 0. The zero-order chi connectivity index (χ0) is 9.64. The summed E-state index contributed by atoms with van der Waals surface area (Å²) in [4.78, 5) is 10.6. The second kappa shape index (κ2) is 2.64. The minimum atomic E-state index is -2.79. The number of fused-ring (bicyclic) bond motifs is 3. The zero-order valence-electron chi connectivity index (χ0n) is 6.96. The van der Waals surface area contributed by atoms with Crippen molar-refractivity contribution in [3.63, 3.8) is 0 Å². The molecule has 3 nitrogen and oxygen atoms in total. The molecule has 2 N–H and O–H groups in total. The molecule has 0 aromatic heterocycles. The van der Waals surface area contributed by atoms with Gasteiger partial charge in [-0.05, 0) is 12.8 Å². The Morgan fingerprint density at radius 2 is 2.15 bits per heavy atom. The maximum absolute atomic E-state index is 13.2. The third-order valence-electron chi connectivity index (χ3n) is 2.97. The Bertz CT molecular complexity index is 244. The lowest BCUT2D eigenvalue weighted by Crippen LogP contribution is -2.63. The molecule has 1 saturated carbocycles. The van der Waals surface area contributed by atoms with E-state index in [9.17, 15) is 13.6 Å². The second-order valence-electron chi connectivity index (χ2n) is 3.83. The predicted molar refractivity (Wildman–Crippen MR) is 40.6 cm³/mol. The molecule has 74 valence electrons. The van der Waals surface area contributed by atoms with Crippen LogP contribution in [0.2, 0.25) is 0 Å². The molecule has 2 aliphatic heterocycles. The van der Waals surface area contributed by atoms with E-state index in [1.807, 2.05) is 0 Å². The molecule has 3 aliphatic rings. The minimum Gasteiger partial charge on any atom is -0.480 e. The van der Waals surface area contributed by atoms with Crippen LogP contribution < -0.4 is 5.32 Å². The van der Waals surface area contributed by atoms with Crippen molar-refractivity contribution < 1.29 is 18.7 Å².